The Labute approximate surface area is 134 Å². The zero-order valence-electron chi connectivity index (χ0n) is 14.6. The second-order valence-electron chi connectivity index (χ2n) is 7.15. The molecule has 0 saturated carbocycles. The van der Waals surface area contributed by atoms with Crippen molar-refractivity contribution in [1.82, 2.24) is 4.90 Å². The van der Waals surface area contributed by atoms with Gasteiger partial charge in [0, 0.05) is 18.1 Å². The van der Waals surface area contributed by atoms with Crippen molar-refractivity contribution in [2.24, 2.45) is 0 Å². The molecule has 1 fully saturated rings. The van der Waals surface area contributed by atoms with E-state index in [0.717, 1.165) is 25.0 Å². The van der Waals surface area contributed by atoms with Crippen molar-refractivity contribution >= 4 is 13.2 Å². The maximum Gasteiger partial charge on any atom is 0.463 e. The molecule has 0 aliphatic carbocycles. The Kier molecular flexibility index (Phi) is 4.92. The summed E-state index contributed by atoms with van der Waals surface area (Å²) < 4.78 is 17.2. The summed E-state index contributed by atoms with van der Waals surface area (Å²) in [6.07, 6.45) is 4.56. The van der Waals surface area contributed by atoms with E-state index in [4.69, 9.17) is 14.0 Å². The molecule has 2 heterocycles. The smallest absolute Gasteiger partial charge is 0.452 e. The summed E-state index contributed by atoms with van der Waals surface area (Å²) in [7, 11) is 1.13. The van der Waals surface area contributed by atoms with Crippen molar-refractivity contribution < 1.29 is 18.8 Å². The summed E-state index contributed by atoms with van der Waals surface area (Å²) in [6.45, 7) is 10.9. The van der Waals surface area contributed by atoms with Crippen molar-refractivity contribution in [3.05, 3.63) is 11.8 Å². The van der Waals surface area contributed by atoms with Gasteiger partial charge in [-0.1, -0.05) is 19.4 Å². The summed E-state index contributed by atoms with van der Waals surface area (Å²) in [4.78, 5) is 13.8. The highest BCUT2D eigenvalue weighted by Crippen LogP contribution is 2.42. The molecule has 0 aromatic rings. The summed E-state index contributed by atoms with van der Waals surface area (Å²) >= 11 is 0. The van der Waals surface area contributed by atoms with E-state index < -0.39 is 0 Å². The number of rotatable bonds is 3. The molecule has 0 N–H and O–H groups in total. The van der Waals surface area contributed by atoms with E-state index in [0.29, 0.717) is 6.54 Å². The number of hydrogen-bond acceptors (Lipinski definition) is 4. The summed E-state index contributed by atoms with van der Waals surface area (Å²) in [5, 5.41) is 0. The molecule has 1 amide bonds. The highest BCUT2D eigenvalue weighted by atomic mass is 16.7. The first-order valence-corrected chi connectivity index (χ1v) is 8.12. The van der Waals surface area contributed by atoms with Crippen molar-refractivity contribution in [1.29, 1.82) is 0 Å². The van der Waals surface area contributed by atoms with Crippen LogP contribution in [0.4, 0.5) is 4.79 Å². The molecule has 0 aromatic carbocycles. The van der Waals surface area contributed by atoms with Gasteiger partial charge in [0.15, 0.2) is 0 Å². The number of methoxy groups -OCH3 is 1. The van der Waals surface area contributed by atoms with Crippen LogP contribution in [0.25, 0.3) is 0 Å². The zero-order chi connectivity index (χ0) is 16.5. The maximum atomic E-state index is 12.0. The molecule has 0 radical (unpaired) electrons. The third-order valence-electron chi connectivity index (χ3n) is 4.98. The van der Waals surface area contributed by atoms with Gasteiger partial charge in [-0.2, -0.15) is 0 Å². The minimum Gasteiger partial charge on any atom is -0.452 e. The monoisotopic (exact) mass is 309 g/mol. The topological polar surface area (TPSA) is 48.0 Å². The van der Waals surface area contributed by atoms with Crippen molar-refractivity contribution in [3.8, 4) is 0 Å². The minimum absolute atomic E-state index is 0.126. The molecule has 2 aliphatic rings. The Morgan fingerprint density at radius 2 is 1.95 bits per heavy atom. The van der Waals surface area contributed by atoms with E-state index in [-0.39, 0.29) is 30.2 Å². The number of carbonyl (C=O) groups is 1. The van der Waals surface area contributed by atoms with Crippen LogP contribution in [0.1, 0.15) is 53.9 Å². The van der Waals surface area contributed by atoms with Crippen LogP contribution in [0.5, 0.6) is 0 Å². The average molecular weight is 309 g/mol. The van der Waals surface area contributed by atoms with Gasteiger partial charge in [-0.3, -0.25) is 4.90 Å². The van der Waals surface area contributed by atoms with Crippen LogP contribution >= 0.6 is 0 Å². The van der Waals surface area contributed by atoms with Crippen molar-refractivity contribution in [3.63, 3.8) is 0 Å². The lowest BCUT2D eigenvalue weighted by atomic mass is 9.68. The molecule has 6 heteroatoms. The van der Waals surface area contributed by atoms with Gasteiger partial charge in [0.1, 0.15) is 0 Å². The van der Waals surface area contributed by atoms with E-state index in [1.807, 2.05) is 27.7 Å². The van der Waals surface area contributed by atoms with Crippen LogP contribution in [-0.2, 0) is 14.0 Å². The molecule has 2 aliphatic heterocycles. The molecular weight excluding hydrogens is 281 g/mol. The lowest BCUT2D eigenvalue weighted by Crippen LogP contribution is -2.41. The second-order valence-corrected chi connectivity index (χ2v) is 7.15. The highest BCUT2D eigenvalue weighted by Gasteiger charge is 2.54. The standard InChI is InChI=1S/C16H28BNO4/c1-7-8-13-10-9-12(11-18(13)14(19)20-6)17-21-15(2,3)16(4,5)22-17/h10,12H,7-9,11H2,1-6H3/t12-/m1/s1. The van der Waals surface area contributed by atoms with E-state index >= 15 is 0 Å². The Morgan fingerprint density at radius 1 is 1.36 bits per heavy atom. The molecule has 0 bridgehead atoms. The predicted octanol–water partition coefficient (Wildman–Crippen LogP) is 3.60. The van der Waals surface area contributed by atoms with Crippen LogP contribution in [0.2, 0.25) is 5.82 Å². The first-order chi connectivity index (χ1) is 10.2. The summed E-state index contributed by atoms with van der Waals surface area (Å²) in [5.41, 5.74) is 0.352. The molecule has 2 rings (SSSR count). The van der Waals surface area contributed by atoms with E-state index in [9.17, 15) is 4.79 Å². The number of amides is 1. The number of nitrogens with zero attached hydrogens (tertiary/aromatic N) is 1. The van der Waals surface area contributed by atoms with Gasteiger partial charge in [-0.05, 0) is 40.5 Å². The van der Waals surface area contributed by atoms with Gasteiger partial charge in [-0.25, -0.2) is 4.79 Å². The minimum atomic E-state index is -0.346. The fraction of sp³-hybridized carbons (Fsp3) is 0.812. The van der Waals surface area contributed by atoms with Crippen molar-refractivity contribution in [2.45, 2.75) is 70.9 Å². The quantitative estimate of drug-likeness (QED) is 0.747. The molecule has 1 saturated heterocycles. The summed E-state index contributed by atoms with van der Waals surface area (Å²) in [5.74, 6) is 0.126. The fourth-order valence-corrected chi connectivity index (χ4v) is 2.90. The van der Waals surface area contributed by atoms with E-state index in [1.165, 1.54) is 7.11 Å². The third-order valence-corrected chi connectivity index (χ3v) is 4.98. The Bertz CT molecular complexity index is 445. The normalized spacial score (nSPS) is 26.8. The molecule has 5 nitrogen and oxygen atoms in total. The molecule has 0 spiro atoms. The lowest BCUT2D eigenvalue weighted by molar-refractivity contribution is 0.00578. The Morgan fingerprint density at radius 3 is 2.45 bits per heavy atom. The molecule has 0 aromatic heterocycles. The third kappa shape index (κ3) is 3.18. The van der Waals surface area contributed by atoms with Crippen LogP contribution in [-0.4, -0.2) is 43.0 Å². The Balaban J connectivity index is 2.14. The molecule has 124 valence electrons. The number of allylic oxidation sites excluding steroid dienone is 2. The van der Waals surface area contributed by atoms with Crippen LogP contribution in [0, 0.1) is 0 Å². The number of carbonyl (C=O) groups excluding carboxylic acids is 1. The second kappa shape index (κ2) is 6.24. The van der Waals surface area contributed by atoms with Crippen molar-refractivity contribution in [2.75, 3.05) is 13.7 Å². The van der Waals surface area contributed by atoms with Gasteiger partial charge < -0.3 is 14.0 Å². The fourth-order valence-electron chi connectivity index (χ4n) is 2.90. The SMILES string of the molecule is CCCC1=CC[C@@H](B2OC(C)(C)C(C)(C)O2)CN1C(=O)OC. The Hall–Kier alpha value is -1.01. The van der Waals surface area contributed by atoms with Gasteiger partial charge in [0.2, 0.25) is 0 Å². The van der Waals surface area contributed by atoms with Crippen LogP contribution in [0.15, 0.2) is 11.8 Å². The van der Waals surface area contributed by atoms with Gasteiger partial charge in [0.05, 0.1) is 18.3 Å². The van der Waals surface area contributed by atoms with Crippen LogP contribution in [0.3, 0.4) is 0 Å². The molecule has 1 atom stereocenters. The largest absolute Gasteiger partial charge is 0.463 e. The van der Waals surface area contributed by atoms with Crippen LogP contribution < -0.4 is 0 Å². The average Bonchev–Trinajstić information content (AvgIpc) is 2.67. The summed E-state index contributed by atoms with van der Waals surface area (Å²) in [6, 6.07) is 0. The first kappa shape index (κ1) is 17.4. The maximum absolute atomic E-state index is 12.0. The first-order valence-electron chi connectivity index (χ1n) is 8.12. The zero-order valence-corrected chi connectivity index (χ0v) is 14.6. The van der Waals surface area contributed by atoms with E-state index in [2.05, 4.69) is 13.0 Å². The molecular formula is C16H28BNO4. The molecule has 0 unspecified atom stereocenters. The lowest BCUT2D eigenvalue weighted by Gasteiger charge is -2.33. The van der Waals surface area contributed by atoms with Gasteiger partial charge in [0.25, 0.3) is 0 Å². The van der Waals surface area contributed by atoms with Gasteiger partial charge in [-0.15, -0.1) is 0 Å². The molecule has 22 heavy (non-hydrogen) atoms. The number of ether oxygens (including phenoxy) is 1. The highest BCUT2D eigenvalue weighted by molar-refractivity contribution is 6.47. The van der Waals surface area contributed by atoms with E-state index in [1.54, 1.807) is 4.90 Å². The number of hydrogen-bond donors (Lipinski definition) is 0. The predicted molar refractivity (Wildman–Crippen MR) is 86.6 cm³/mol. The van der Waals surface area contributed by atoms with Gasteiger partial charge >= 0.3 is 13.2 Å².